The molecule has 3 N–H and O–H groups in total. The van der Waals surface area contributed by atoms with Gasteiger partial charge in [0.2, 0.25) is 5.91 Å². The van der Waals surface area contributed by atoms with E-state index in [-0.39, 0.29) is 21.6 Å². The molecule has 0 aromatic heterocycles. The first-order valence-corrected chi connectivity index (χ1v) is 10.1. The molecule has 1 atom stereocenters. The number of benzene rings is 2. The lowest BCUT2D eigenvalue weighted by atomic mass is 10.3. The molecule has 0 spiro atoms. The smallest absolute Gasteiger partial charge is 0.275 e. The average Bonchev–Trinajstić information content (AvgIpc) is 2.62. The Morgan fingerprint density at radius 2 is 1.71 bits per heavy atom. The number of amides is 2. The highest BCUT2D eigenvalue weighted by Crippen LogP contribution is 2.28. The lowest BCUT2D eigenvalue weighted by Crippen LogP contribution is -2.47. The quantitative estimate of drug-likeness (QED) is 0.566. The number of anilines is 1. The van der Waals surface area contributed by atoms with Crippen LogP contribution in [-0.2, 0) is 19.6 Å². The minimum Gasteiger partial charge on any atom is -0.479 e. The van der Waals surface area contributed by atoms with Gasteiger partial charge in [-0.25, -0.2) is 8.42 Å². The fourth-order valence-corrected chi connectivity index (χ4v) is 3.31. The summed E-state index contributed by atoms with van der Waals surface area (Å²) in [4.78, 5) is 25.0. The van der Waals surface area contributed by atoms with E-state index in [2.05, 4.69) is 10.7 Å². The Hall–Kier alpha value is -2.33. The van der Waals surface area contributed by atoms with Gasteiger partial charge in [-0.2, -0.15) is 0 Å². The van der Waals surface area contributed by atoms with Crippen molar-refractivity contribution in [1.82, 2.24) is 10.3 Å². The van der Waals surface area contributed by atoms with Gasteiger partial charge >= 0.3 is 0 Å². The van der Waals surface area contributed by atoms with Gasteiger partial charge in [-0.3, -0.25) is 15.0 Å². The van der Waals surface area contributed by atoms with Gasteiger partial charge in [-0.05, 0) is 49.4 Å². The van der Waals surface area contributed by atoms with E-state index in [9.17, 15) is 18.0 Å². The Morgan fingerprint density at radius 3 is 2.29 bits per heavy atom. The summed E-state index contributed by atoms with van der Waals surface area (Å²) in [7, 11) is -4.01. The van der Waals surface area contributed by atoms with Crippen LogP contribution in [0.15, 0.2) is 47.4 Å². The standard InChI is InChI=1S/C17H17Cl2N3O5S/c1-10(27-16-8-3-12(18)9-15(16)19)17(24)21-22-28(25,26)14-6-4-13(5-7-14)20-11(2)23/h3-10,22H,1-2H3,(H,20,23)(H,21,24)/t10-/m1/s1. The van der Waals surface area contributed by atoms with Gasteiger partial charge in [0.05, 0.1) is 9.92 Å². The molecule has 0 saturated heterocycles. The maximum Gasteiger partial charge on any atom is 0.275 e. The largest absolute Gasteiger partial charge is 0.479 e. The van der Waals surface area contributed by atoms with Crippen molar-refractivity contribution < 1.29 is 22.7 Å². The molecule has 0 aliphatic rings. The van der Waals surface area contributed by atoms with Gasteiger partial charge in [0.25, 0.3) is 15.9 Å². The molecule has 11 heteroatoms. The van der Waals surface area contributed by atoms with E-state index in [1.807, 2.05) is 4.83 Å². The first-order valence-electron chi connectivity index (χ1n) is 7.89. The second-order valence-electron chi connectivity index (χ2n) is 5.64. The third kappa shape index (κ3) is 6.10. The fourth-order valence-electron chi connectivity index (χ4n) is 2.01. The number of nitrogens with one attached hydrogen (secondary N) is 3. The Kier molecular flexibility index (Phi) is 7.25. The van der Waals surface area contributed by atoms with E-state index < -0.39 is 22.0 Å². The highest BCUT2D eigenvalue weighted by molar-refractivity contribution is 7.89. The van der Waals surface area contributed by atoms with Gasteiger partial charge in [0, 0.05) is 17.6 Å². The van der Waals surface area contributed by atoms with Crippen molar-refractivity contribution in [2.24, 2.45) is 0 Å². The van der Waals surface area contributed by atoms with Gasteiger partial charge in [0.15, 0.2) is 6.10 Å². The Bertz CT molecular complexity index is 981. The number of halogens is 2. The number of carbonyl (C=O) groups excluding carboxylic acids is 2. The van der Waals surface area contributed by atoms with Crippen molar-refractivity contribution in [3.05, 3.63) is 52.5 Å². The maximum atomic E-state index is 12.3. The molecule has 28 heavy (non-hydrogen) atoms. The van der Waals surface area contributed by atoms with Crippen LogP contribution in [0.1, 0.15) is 13.8 Å². The molecule has 0 fully saturated rings. The van der Waals surface area contributed by atoms with Crippen molar-refractivity contribution in [3.8, 4) is 5.75 Å². The number of hydrazine groups is 1. The van der Waals surface area contributed by atoms with Crippen LogP contribution < -0.4 is 20.3 Å². The van der Waals surface area contributed by atoms with Crippen LogP contribution in [0.2, 0.25) is 10.0 Å². The normalized spacial score (nSPS) is 12.1. The molecule has 0 heterocycles. The topological polar surface area (TPSA) is 114 Å². The van der Waals surface area contributed by atoms with E-state index in [1.54, 1.807) is 6.07 Å². The second kappa shape index (κ2) is 9.24. The molecular formula is C17H17Cl2N3O5S. The lowest BCUT2D eigenvalue weighted by molar-refractivity contribution is -0.127. The van der Waals surface area contributed by atoms with Crippen LogP contribution in [0, 0.1) is 0 Å². The maximum absolute atomic E-state index is 12.3. The predicted molar refractivity (Wildman–Crippen MR) is 106 cm³/mol. The summed E-state index contributed by atoms with van der Waals surface area (Å²) in [5.74, 6) is -0.787. The molecule has 150 valence electrons. The predicted octanol–water partition coefficient (Wildman–Crippen LogP) is 2.73. The van der Waals surface area contributed by atoms with E-state index in [4.69, 9.17) is 27.9 Å². The molecule has 2 aromatic rings. The zero-order chi connectivity index (χ0) is 20.9. The Balaban J connectivity index is 1.97. The Morgan fingerprint density at radius 1 is 1.07 bits per heavy atom. The highest BCUT2D eigenvalue weighted by atomic mass is 35.5. The summed E-state index contributed by atoms with van der Waals surface area (Å²) in [6, 6.07) is 9.91. The monoisotopic (exact) mass is 445 g/mol. The fraction of sp³-hybridized carbons (Fsp3) is 0.176. The van der Waals surface area contributed by atoms with Gasteiger partial charge < -0.3 is 10.1 Å². The zero-order valence-corrected chi connectivity index (χ0v) is 17.2. The zero-order valence-electron chi connectivity index (χ0n) is 14.8. The average molecular weight is 446 g/mol. The van der Waals surface area contributed by atoms with Gasteiger partial charge in [0.1, 0.15) is 5.75 Å². The molecular weight excluding hydrogens is 429 g/mol. The molecule has 2 amide bonds. The molecule has 2 aromatic carbocycles. The van der Waals surface area contributed by atoms with E-state index in [1.165, 1.54) is 50.2 Å². The minimum atomic E-state index is -4.01. The minimum absolute atomic E-state index is 0.101. The van der Waals surface area contributed by atoms with Crippen molar-refractivity contribution >= 4 is 50.7 Å². The first-order chi connectivity index (χ1) is 13.1. The van der Waals surface area contributed by atoms with E-state index >= 15 is 0 Å². The number of carbonyl (C=O) groups is 2. The molecule has 0 aliphatic heterocycles. The van der Waals surface area contributed by atoms with Gasteiger partial charge in [-0.1, -0.05) is 23.2 Å². The number of sulfonamides is 1. The summed E-state index contributed by atoms with van der Waals surface area (Å²) in [5.41, 5.74) is 2.52. The molecule has 2 rings (SSSR count). The third-order valence-electron chi connectivity index (χ3n) is 3.36. The molecule has 0 unspecified atom stereocenters. The molecule has 0 aliphatic carbocycles. The summed E-state index contributed by atoms with van der Waals surface area (Å²) >= 11 is 11.8. The summed E-state index contributed by atoms with van der Waals surface area (Å²) in [6.45, 7) is 2.76. The number of ether oxygens (including phenoxy) is 1. The van der Waals surface area contributed by atoms with Gasteiger partial charge in [-0.15, -0.1) is 4.83 Å². The van der Waals surface area contributed by atoms with Crippen molar-refractivity contribution in [1.29, 1.82) is 0 Å². The number of hydrogen-bond donors (Lipinski definition) is 3. The molecule has 0 bridgehead atoms. The summed E-state index contributed by atoms with van der Waals surface area (Å²) < 4.78 is 29.9. The van der Waals surface area contributed by atoms with Crippen LogP contribution in [0.25, 0.3) is 0 Å². The SMILES string of the molecule is CC(=O)Nc1ccc(S(=O)(=O)NNC(=O)[C@@H](C)Oc2ccc(Cl)cc2Cl)cc1. The highest BCUT2D eigenvalue weighted by Gasteiger charge is 2.20. The van der Waals surface area contributed by atoms with Crippen molar-refractivity contribution in [2.45, 2.75) is 24.8 Å². The van der Waals surface area contributed by atoms with Crippen molar-refractivity contribution in [2.75, 3.05) is 5.32 Å². The Labute approximate surface area is 172 Å². The van der Waals surface area contributed by atoms with Crippen LogP contribution in [0.3, 0.4) is 0 Å². The second-order valence-corrected chi connectivity index (χ2v) is 8.16. The molecule has 0 radical (unpaired) electrons. The van der Waals surface area contributed by atoms with E-state index in [0.717, 1.165) is 0 Å². The molecule has 8 nitrogen and oxygen atoms in total. The number of hydrogen-bond acceptors (Lipinski definition) is 5. The van der Waals surface area contributed by atoms with Crippen molar-refractivity contribution in [3.63, 3.8) is 0 Å². The van der Waals surface area contributed by atoms with Crippen LogP contribution >= 0.6 is 23.2 Å². The molecule has 0 saturated carbocycles. The van der Waals surface area contributed by atoms with Crippen LogP contribution in [0.4, 0.5) is 5.69 Å². The lowest BCUT2D eigenvalue weighted by Gasteiger charge is -2.16. The van der Waals surface area contributed by atoms with E-state index in [0.29, 0.717) is 10.7 Å². The van der Waals surface area contributed by atoms with Crippen LogP contribution in [0.5, 0.6) is 5.75 Å². The van der Waals surface area contributed by atoms with Crippen LogP contribution in [-0.4, -0.2) is 26.3 Å². The first kappa shape index (κ1) is 22.0. The summed E-state index contributed by atoms with van der Waals surface area (Å²) in [6.07, 6.45) is -1.04. The third-order valence-corrected chi connectivity index (χ3v) is 5.15. The summed E-state index contributed by atoms with van der Waals surface area (Å²) in [5, 5.41) is 3.14. The number of rotatable bonds is 7.